The third-order valence-corrected chi connectivity index (χ3v) is 8.25. The second-order valence-corrected chi connectivity index (χ2v) is 11.3. The molecule has 1 atom stereocenters. The third kappa shape index (κ3) is 4.91. The first-order chi connectivity index (χ1) is 15.7. The van der Waals surface area contributed by atoms with Crippen LogP contribution in [-0.4, -0.2) is 32.7 Å². The molecule has 7 nitrogen and oxygen atoms in total. The summed E-state index contributed by atoms with van der Waals surface area (Å²) in [4.78, 5) is 0.0702. The van der Waals surface area contributed by atoms with Crippen molar-refractivity contribution in [2.45, 2.75) is 24.3 Å². The molecule has 0 amide bonds. The van der Waals surface area contributed by atoms with E-state index in [-0.39, 0.29) is 17.1 Å². The predicted molar refractivity (Wildman–Crippen MR) is 125 cm³/mol. The lowest BCUT2D eigenvalue weighted by atomic mass is 9.99. The molecule has 0 aliphatic carbocycles. The van der Waals surface area contributed by atoms with E-state index in [1.54, 1.807) is 48.5 Å². The first-order valence-corrected chi connectivity index (χ1v) is 13.3. The van der Waals surface area contributed by atoms with Gasteiger partial charge in [-0.2, -0.15) is 17.9 Å². The second-order valence-electron chi connectivity index (χ2n) is 7.50. The highest BCUT2D eigenvalue weighted by Crippen LogP contribution is 2.37. The maximum Gasteiger partial charge on any atom is 0.279 e. The summed E-state index contributed by atoms with van der Waals surface area (Å²) in [6.07, 6.45) is 0.194. The fourth-order valence-corrected chi connectivity index (χ4v) is 5.65. The zero-order valence-electron chi connectivity index (χ0n) is 17.7. The molecule has 1 unspecified atom stereocenters. The maximum absolute atomic E-state index is 14.0. The highest BCUT2D eigenvalue weighted by atomic mass is 32.2. The van der Waals surface area contributed by atoms with Crippen molar-refractivity contribution in [2.75, 3.05) is 10.5 Å². The molecular weight excluding hydrogens is 465 g/mol. The minimum absolute atomic E-state index is 0.0702. The molecule has 0 spiro atoms. The van der Waals surface area contributed by atoms with Crippen molar-refractivity contribution in [3.63, 3.8) is 0 Å². The Morgan fingerprint density at radius 2 is 1.70 bits per heavy atom. The molecule has 1 N–H and O–H groups in total. The zero-order chi connectivity index (χ0) is 23.6. The smallest absolute Gasteiger partial charge is 0.279 e. The molecule has 3 aromatic carbocycles. The first-order valence-electron chi connectivity index (χ1n) is 10.2. The van der Waals surface area contributed by atoms with Crippen molar-refractivity contribution in [3.05, 3.63) is 95.8 Å². The summed E-state index contributed by atoms with van der Waals surface area (Å²) in [5.41, 5.74) is 1.83. The quantitative estimate of drug-likeness (QED) is 0.542. The average Bonchev–Trinajstić information content (AvgIpc) is 3.26. The number of rotatable bonds is 7. The number of hydrogen-bond acceptors (Lipinski definition) is 5. The SMILES string of the molecule is CCS(=O)(=O)Nc1cccc(C2=NN(S(=O)(=O)c3ccccc3)C(c3cccc(F)c3)C2)c1. The topological polar surface area (TPSA) is 95.9 Å². The van der Waals surface area contributed by atoms with E-state index in [4.69, 9.17) is 0 Å². The fourth-order valence-electron chi connectivity index (χ4n) is 3.56. The van der Waals surface area contributed by atoms with Crippen LogP contribution in [0.2, 0.25) is 0 Å². The standard InChI is InChI=1S/C23H22FN3O4S2/c1-2-32(28,29)26-20-11-7-8-17(15-20)22-16-23(18-9-6-10-19(24)14-18)27(25-22)33(30,31)21-12-4-3-5-13-21/h3-15,23,26H,2,16H2,1H3. The van der Waals surface area contributed by atoms with Gasteiger partial charge in [-0.3, -0.25) is 4.72 Å². The Hall–Kier alpha value is -3.24. The highest BCUT2D eigenvalue weighted by Gasteiger charge is 2.37. The van der Waals surface area contributed by atoms with E-state index in [2.05, 4.69) is 9.82 Å². The van der Waals surface area contributed by atoms with Crippen LogP contribution in [0.25, 0.3) is 0 Å². The first kappa shape index (κ1) is 22.9. The van der Waals surface area contributed by atoms with Crippen LogP contribution in [0.1, 0.15) is 30.5 Å². The lowest BCUT2D eigenvalue weighted by molar-refractivity contribution is 0.370. The Balaban J connectivity index is 1.77. The minimum Gasteiger partial charge on any atom is -0.284 e. The Kier molecular flexibility index (Phi) is 6.22. The largest absolute Gasteiger partial charge is 0.284 e. The molecule has 4 rings (SSSR count). The lowest BCUT2D eigenvalue weighted by Gasteiger charge is -2.23. The summed E-state index contributed by atoms with van der Waals surface area (Å²) in [6.45, 7) is 1.53. The molecule has 0 saturated heterocycles. The molecule has 172 valence electrons. The van der Waals surface area contributed by atoms with E-state index in [0.717, 1.165) is 4.41 Å². The molecular formula is C23H22FN3O4S2. The minimum atomic E-state index is -4.02. The van der Waals surface area contributed by atoms with Crippen LogP contribution in [0.5, 0.6) is 0 Å². The predicted octanol–water partition coefficient (Wildman–Crippen LogP) is 4.13. The maximum atomic E-state index is 14.0. The van der Waals surface area contributed by atoms with Gasteiger partial charge in [-0.25, -0.2) is 12.8 Å². The van der Waals surface area contributed by atoms with Gasteiger partial charge in [0.25, 0.3) is 10.0 Å². The van der Waals surface area contributed by atoms with E-state index in [1.165, 1.54) is 37.3 Å². The fraction of sp³-hybridized carbons (Fsp3) is 0.174. The monoisotopic (exact) mass is 487 g/mol. The van der Waals surface area contributed by atoms with Crippen molar-refractivity contribution in [1.82, 2.24) is 4.41 Å². The summed E-state index contributed by atoms with van der Waals surface area (Å²) in [5, 5.41) is 4.41. The summed E-state index contributed by atoms with van der Waals surface area (Å²) in [6, 6.07) is 19.5. The average molecular weight is 488 g/mol. The second kappa shape index (κ2) is 8.95. The number of nitrogens with one attached hydrogen (secondary N) is 1. The molecule has 0 aromatic heterocycles. The van der Waals surface area contributed by atoms with Gasteiger partial charge in [-0.15, -0.1) is 0 Å². The molecule has 0 saturated carbocycles. The molecule has 0 radical (unpaired) electrons. The van der Waals surface area contributed by atoms with Gasteiger partial charge in [-0.05, 0) is 54.4 Å². The van der Waals surface area contributed by atoms with Gasteiger partial charge in [0.1, 0.15) is 5.82 Å². The number of nitrogens with zero attached hydrogens (tertiary/aromatic N) is 2. The number of sulfonamides is 2. The van der Waals surface area contributed by atoms with Gasteiger partial charge in [-0.1, -0.05) is 42.5 Å². The van der Waals surface area contributed by atoms with Crippen molar-refractivity contribution in [3.8, 4) is 0 Å². The highest BCUT2D eigenvalue weighted by molar-refractivity contribution is 7.92. The van der Waals surface area contributed by atoms with E-state index in [0.29, 0.717) is 22.5 Å². The van der Waals surface area contributed by atoms with Gasteiger partial charge in [0.05, 0.1) is 22.4 Å². The number of benzene rings is 3. The Bertz CT molecular complexity index is 1410. The van der Waals surface area contributed by atoms with E-state index >= 15 is 0 Å². The molecule has 3 aromatic rings. The van der Waals surface area contributed by atoms with Gasteiger partial charge >= 0.3 is 0 Å². The Morgan fingerprint density at radius 3 is 2.39 bits per heavy atom. The number of anilines is 1. The Labute approximate surface area is 192 Å². The van der Waals surface area contributed by atoms with Crippen LogP contribution >= 0.6 is 0 Å². The number of halogens is 1. The van der Waals surface area contributed by atoms with Crippen molar-refractivity contribution in [1.29, 1.82) is 0 Å². The van der Waals surface area contributed by atoms with E-state index in [9.17, 15) is 21.2 Å². The van der Waals surface area contributed by atoms with Crippen LogP contribution in [-0.2, 0) is 20.0 Å². The normalized spacial score (nSPS) is 16.5. The number of hydrazone groups is 1. The van der Waals surface area contributed by atoms with Gasteiger partial charge in [0, 0.05) is 12.1 Å². The molecule has 0 fully saturated rings. The van der Waals surface area contributed by atoms with Gasteiger partial charge in [0.2, 0.25) is 10.0 Å². The Morgan fingerprint density at radius 1 is 0.970 bits per heavy atom. The third-order valence-electron chi connectivity index (χ3n) is 5.24. The molecule has 33 heavy (non-hydrogen) atoms. The van der Waals surface area contributed by atoms with Crippen LogP contribution in [0.4, 0.5) is 10.1 Å². The van der Waals surface area contributed by atoms with Crippen LogP contribution in [0.3, 0.4) is 0 Å². The van der Waals surface area contributed by atoms with E-state index in [1.807, 2.05) is 0 Å². The molecule has 1 aliphatic heterocycles. The van der Waals surface area contributed by atoms with Crippen LogP contribution in [0, 0.1) is 5.82 Å². The van der Waals surface area contributed by atoms with E-state index < -0.39 is 31.9 Å². The number of hydrogen-bond donors (Lipinski definition) is 1. The van der Waals surface area contributed by atoms with Crippen molar-refractivity contribution >= 4 is 31.4 Å². The summed E-state index contributed by atoms with van der Waals surface area (Å²) in [7, 11) is -7.50. The molecule has 0 bridgehead atoms. The van der Waals surface area contributed by atoms with Crippen LogP contribution < -0.4 is 4.72 Å². The van der Waals surface area contributed by atoms with Gasteiger partial charge in [0.15, 0.2) is 0 Å². The summed E-state index contributed by atoms with van der Waals surface area (Å²) >= 11 is 0. The van der Waals surface area contributed by atoms with Crippen LogP contribution in [0.15, 0.2) is 88.9 Å². The zero-order valence-corrected chi connectivity index (χ0v) is 19.4. The molecule has 1 heterocycles. The summed E-state index contributed by atoms with van der Waals surface area (Å²) in [5.74, 6) is -0.558. The summed E-state index contributed by atoms with van der Waals surface area (Å²) < 4.78 is 68.2. The lowest BCUT2D eigenvalue weighted by Crippen LogP contribution is -2.27. The molecule has 1 aliphatic rings. The van der Waals surface area contributed by atoms with Gasteiger partial charge < -0.3 is 0 Å². The van der Waals surface area contributed by atoms with Crippen molar-refractivity contribution in [2.24, 2.45) is 5.10 Å². The molecule has 10 heteroatoms. The van der Waals surface area contributed by atoms with Crippen molar-refractivity contribution < 1.29 is 21.2 Å².